The number of anilines is 2. The average Bonchev–Trinajstić information content (AvgIpc) is 2.86. The number of hydrogen-bond acceptors (Lipinski definition) is 6. The van der Waals surface area contributed by atoms with Crippen LogP contribution in [0.3, 0.4) is 0 Å². The molecule has 1 aromatic carbocycles. The molecule has 8 heteroatoms. The highest BCUT2D eigenvalue weighted by molar-refractivity contribution is 6.04. The molecule has 34 heavy (non-hydrogen) atoms. The second-order valence-electron chi connectivity index (χ2n) is 7.75. The highest BCUT2D eigenvalue weighted by Crippen LogP contribution is 2.32. The molecule has 7 nitrogen and oxygen atoms in total. The average molecular weight is 461 g/mol. The summed E-state index contributed by atoms with van der Waals surface area (Å²) in [7, 11) is 1.46. The van der Waals surface area contributed by atoms with Crippen molar-refractivity contribution in [3.8, 4) is 28.8 Å². The summed E-state index contributed by atoms with van der Waals surface area (Å²) >= 11 is 0. The SMILES string of the molecule is CC#Cc1ncc(-c2cc(NC(=O)c3ccnc(OC)c3)c(F)cc2C)cc1N1CCOCC1. The van der Waals surface area contributed by atoms with Gasteiger partial charge in [0.1, 0.15) is 11.5 Å². The third-order valence-electron chi connectivity index (χ3n) is 5.54. The molecule has 0 unspecified atom stereocenters. The van der Waals surface area contributed by atoms with E-state index in [9.17, 15) is 9.18 Å². The number of hydrogen-bond donors (Lipinski definition) is 1. The lowest BCUT2D eigenvalue weighted by molar-refractivity contribution is 0.102. The molecule has 0 bridgehead atoms. The normalized spacial score (nSPS) is 13.1. The first-order valence-corrected chi connectivity index (χ1v) is 10.9. The Hall–Kier alpha value is -3.96. The number of carbonyl (C=O) groups is 1. The number of carbonyl (C=O) groups excluding carboxylic acids is 1. The zero-order valence-corrected chi connectivity index (χ0v) is 19.3. The van der Waals surface area contributed by atoms with Gasteiger partial charge in [-0.3, -0.25) is 4.79 Å². The quantitative estimate of drug-likeness (QED) is 0.579. The summed E-state index contributed by atoms with van der Waals surface area (Å²) in [5.41, 5.74) is 4.29. The van der Waals surface area contributed by atoms with Crippen molar-refractivity contribution in [2.24, 2.45) is 0 Å². The van der Waals surface area contributed by atoms with Gasteiger partial charge in [0.2, 0.25) is 5.88 Å². The van der Waals surface area contributed by atoms with E-state index in [1.807, 2.05) is 13.0 Å². The molecule has 0 aliphatic carbocycles. The van der Waals surface area contributed by atoms with E-state index in [2.05, 4.69) is 32.0 Å². The Morgan fingerprint density at radius 2 is 2.00 bits per heavy atom. The minimum atomic E-state index is -0.523. The molecule has 174 valence electrons. The summed E-state index contributed by atoms with van der Waals surface area (Å²) < 4.78 is 25.3. The van der Waals surface area contributed by atoms with Crippen LogP contribution in [-0.4, -0.2) is 49.3 Å². The highest BCUT2D eigenvalue weighted by Gasteiger charge is 2.18. The zero-order chi connectivity index (χ0) is 24.1. The number of pyridine rings is 2. The summed E-state index contributed by atoms with van der Waals surface area (Å²) in [6, 6.07) is 8.08. The number of aryl methyl sites for hydroxylation is 1. The molecule has 1 N–H and O–H groups in total. The molecule has 3 aromatic rings. The second-order valence-corrected chi connectivity index (χ2v) is 7.75. The molecule has 4 rings (SSSR count). The maximum absolute atomic E-state index is 14.8. The van der Waals surface area contributed by atoms with E-state index in [4.69, 9.17) is 9.47 Å². The van der Waals surface area contributed by atoms with Crippen molar-refractivity contribution in [2.45, 2.75) is 13.8 Å². The molecule has 0 saturated carbocycles. The van der Waals surface area contributed by atoms with Crippen LogP contribution in [0.2, 0.25) is 0 Å². The van der Waals surface area contributed by atoms with Gasteiger partial charge in [-0.15, -0.1) is 0 Å². The summed E-state index contributed by atoms with van der Waals surface area (Å²) in [5.74, 6) is 5.30. The van der Waals surface area contributed by atoms with Gasteiger partial charge >= 0.3 is 0 Å². The van der Waals surface area contributed by atoms with Crippen molar-refractivity contribution in [3.05, 3.63) is 65.4 Å². The monoisotopic (exact) mass is 460 g/mol. The Morgan fingerprint density at radius 3 is 2.74 bits per heavy atom. The Bertz CT molecular complexity index is 1280. The number of amides is 1. The molecule has 0 atom stereocenters. The predicted molar refractivity (Wildman–Crippen MR) is 129 cm³/mol. The third-order valence-corrected chi connectivity index (χ3v) is 5.54. The van der Waals surface area contributed by atoms with Gasteiger partial charge in [-0.2, -0.15) is 0 Å². The van der Waals surface area contributed by atoms with Gasteiger partial charge < -0.3 is 19.7 Å². The van der Waals surface area contributed by atoms with Crippen LogP contribution in [0.25, 0.3) is 11.1 Å². The van der Waals surface area contributed by atoms with Crippen LogP contribution < -0.4 is 15.0 Å². The van der Waals surface area contributed by atoms with Gasteiger partial charge in [0.05, 0.1) is 31.7 Å². The lowest BCUT2D eigenvalue weighted by atomic mass is 9.99. The van der Waals surface area contributed by atoms with Crippen LogP contribution in [0.4, 0.5) is 15.8 Å². The minimum Gasteiger partial charge on any atom is -0.481 e. The largest absolute Gasteiger partial charge is 0.481 e. The van der Waals surface area contributed by atoms with Crippen molar-refractivity contribution in [1.29, 1.82) is 0 Å². The molecule has 1 amide bonds. The molecule has 0 radical (unpaired) electrons. The number of halogens is 1. The fourth-order valence-electron chi connectivity index (χ4n) is 3.80. The molecule has 1 fully saturated rings. The zero-order valence-electron chi connectivity index (χ0n) is 19.3. The van der Waals surface area contributed by atoms with Crippen LogP contribution in [0, 0.1) is 24.6 Å². The van der Waals surface area contributed by atoms with Gasteiger partial charge in [-0.05, 0) is 55.2 Å². The van der Waals surface area contributed by atoms with Crippen molar-refractivity contribution in [3.63, 3.8) is 0 Å². The van der Waals surface area contributed by atoms with E-state index >= 15 is 0 Å². The van der Waals surface area contributed by atoms with Crippen molar-refractivity contribution in [2.75, 3.05) is 43.6 Å². The van der Waals surface area contributed by atoms with Crippen LogP contribution in [-0.2, 0) is 4.74 Å². The first kappa shape index (κ1) is 23.2. The molecule has 3 heterocycles. The maximum atomic E-state index is 14.8. The molecular formula is C26H25FN4O3. The van der Waals surface area contributed by atoms with Gasteiger partial charge in [-0.25, -0.2) is 14.4 Å². The van der Waals surface area contributed by atoms with Crippen LogP contribution in [0.1, 0.15) is 28.5 Å². The molecular weight excluding hydrogens is 435 g/mol. The van der Waals surface area contributed by atoms with Gasteiger partial charge in [-0.1, -0.05) is 5.92 Å². The summed E-state index contributed by atoms with van der Waals surface area (Å²) in [5, 5.41) is 2.66. The number of rotatable bonds is 5. The molecule has 1 aliphatic heterocycles. The van der Waals surface area contributed by atoms with Gasteiger partial charge in [0.15, 0.2) is 0 Å². The molecule has 0 spiro atoms. The van der Waals surface area contributed by atoms with E-state index in [0.717, 1.165) is 35.5 Å². The number of benzene rings is 1. The summed E-state index contributed by atoms with van der Waals surface area (Å²) in [6.45, 7) is 6.34. The Kier molecular flexibility index (Phi) is 7.04. The van der Waals surface area contributed by atoms with Crippen molar-refractivity contribution in [1.82, 2.24) is 9.97 Å². The number of aromatic nitrogens is 2. The van der Waals surface area contributed by atoms with Crippen LogP contribution >= 0.6 is 0 Å². The van der Waals surface area contributed by atoms with Crippen LogP contribution in [0.15, 0.2) is 42.7 Å². The summed E-state index contributed by atoms with van der Waals surface area (Å²) in [6.07, 6.45) is 3.19. The fourth-order valence-corrected chi connectivity index (χ4v) is 3.80. The number of methoxy groups -OCH3 is 1. The number of morpholine rings is 1. The Morgan fingerprint density at radius 1 is 1.21 bits per heavy atom. The van der Waals surface area contributed by atoms with E-state index in [1.165, 1.54) is 31.5 Å². The van der Waals surface area contributed by atoms with E-state index in [-0.39, 0.29) is 5.69 Å². The van der Waals surface area contributed by atoms with E-state index in [0.29, 0.717) is 30.4 Å². The first-order valence-electron chi connectivity index (χ1n) is 10.9. The topological polar surface area (TPSA) is 76.6 Å². The Labute approximate surface area is 197 Å². The third kappa shape index (κ3) is 5.00. The first-order chi connectivity index (χ1) is 16.5. The number of ether oxygens (including phenoxy) is 2. The van der Waals surface area contributed by atoms with E-state index < -0.39 is 11.7 Å². The minimum absolute atomic E-state index is 0.0757. The lowest BCUT2D eigenvalue weighted by Crippen LogP contribution is -2.36. The van der Waals surface area contributed by atoms with Crippen molar-refractivity contribution >= 4 is 17.3 Å². The van der Waals surface area contributed by atoms with Crippen LogP contribution in [0.5, 0.6) is 5.88 Å². The van der Waals surface area contributed by atoms with E-state index in [1.54, 1.807) is 19.2 Å². The maximum Gasteiger partial charge on any atom is 0.255 e. The van der Waals surface area contributed by atoms with Gasteiger partial charge in [0.25, 0.3) is 5.91 Å². The Balaban J connectivity index is 1.70. The summed E-state index contributed by atoms with van der Waals surface area (Å²) in [4.78, 5) is 23.5. The second kappa shape index (κ2) is 10.3. The number of nitrogens with zero attached hydrogens (tertiary/aromatic N) is 3. The molecule has 1 saturated heterocycles. The lowest BCUT2D eigenvalue weighted by Gasteiger charge is -2.29. The molecule has 2 aromatic heterocycles. The predicted octanol–water partition coefficient (Wildman–Crippen LogP) is 4.06. The number of nitrogens with one attached hydrogen (secondary N) is 1. The fraction of sp³-hybridized carbons (Fsp3) is 0.269. The van der Waals surface area contributed by atoms with Gasteiger partial charge in [0, 0.05) is 42.7 Å². The molecule has 1 aliphatic rings. The van der Waals surface area contributed by atoms with Crippen molar-refractivity contribution < 1.29 is 18.7 Å². The highest BCUT2D eigenvalue weighted by atomic mass is 19.1. The smallest absolute Gasteiger partial charge is 0.255 e. The standard InChI is InChI=1S/C26H25FN4O3/c1-4-5-22-24(31-8-10-34-11-9-31)13-19(16-29-22)20-15-23(21(27)12-17(20)2)30-26(32)18-6-7-28-25(14-18)33-3/h6-7,12-16H,8-11H2,1-3H3,(H,30,32).